The molecule has 0 aliphatic rings. The predicted molar refractivity (Wildman–Crippen MR) is 187 cm³/mol. The normalized spacial score (nSPS) is 12.6. The lowest BCUT2D eigenvalue weighted by atomic mass is 10.0. The van der Waals surface area contributed by atoms with Crippen LogP contribution in [0.25, 0.3) is 0 Å². The van der Waals surface area contributed by atoms with Crippen molar-refractivity contribution in [1.82, 2.24) is 10.2 Å². The van der Waals surface area contributed by atoms with Crippen molar-refractivity contribution < 1.29 is 22.7 Å². The van der Waals surface area contributed by atoms with Gasteiger partial charge in [-0.1, -0.05) is 85.3 Å². The summed E-state index contributed by atoms with van der Waals surface area (Å²) in [5.74, 6) is -0.515. The number of sulfonamides is 1. The van der Waals surface area contributed by atoms with Crippen LogP contribution in [0.5, 0.6) is 5.75 Å². The molecule has 4 aromatic carbocycles. The van der Waals surface area contributed by atoms with E-state index in [1.165, 1.54) is 24.1 Å². The summed E-state index contributed by atoms with van der Waals surface area (Å²) in [4.78, 5) is 30.3. The molecule has 1 N–H and O–H groups in total. The Labute approximate surface area is 279 Å². The van der Waals surface area contributed by atoms with E-state index in [2.05, 4.69) is 5.32 Å². The Morgan fingerprint density at radius 2 is 1.49 bits per heavy atom. The van der Waals surface area contributed by atoms with Crippen LogP contribution in [0, 0.1) is 20.8 Å². The van der Waals surface area contributed by atoms with E-state index in [-0.39, 0.29) is 35.5 Å². The van der Waals surface area contributed by atoms with Crippen LogP contribution in [0.3, 0.4) is 0 Å². The van der Waals surface area contributed by atoms with Gasteiger partial charge in [-0.25, -0.2) is 8.42 Å². The minimum absolute atomic E-state index is 0.0419. The third kappa shape index (κ3) is 8.80. The van der Waals surface area contributed by atoms with Gasteiger partial charge in [-0.2, -0.15) is 0 Å². The van der Waals surface area contributed by atoms with Crippen LogP contribution in [-0.2, 0) is 32.6 Å². The molecule has 0 unspecified atom stereocenters. The molecule has 47 heavy (non-hydrogen) atoms. The monoisotopic (exact) mass is 655 g/mol. The van der Waals surface area contributed by atoms with Crippen molar-refractivity contribution in [3.8, 4) is 5.75 Å². The Kier molecular flexibility index (Phi) is 11.8. The first-order valence-electron chi connectivity index (χ1n) is 15.9. The van der Waals surface area contributed by atoms with Gasteiger partial charge >= 0.3 is 0 Å². The molecular weight excluding hydrogens is 611 g/mol. The van der Waals surface area contributed by atoms with Crippen molar-refractivity contribution in [2.24, 2.45) is 0 Å². The summed E-state index contributed by atoms with van der Waals surface area (Å²) in [6.07, 6.45) is 0.963. The van der Waals surface area contributed by atoms with Gasteiger partial charge in [-0.15, -0.1) is 0 Å². The molecule has 0 aromatic heterocycles. The second-order valence-corrected chi connectivity index (χ2v) is 13.8. The summed E-state index contributed by atoms with van der Waals surface area (Å²) in [5, 5.41) is 3.07. The molecule has 0 spiro atoms. The van der Waals surface area contributed by atoms with Crippen molar-refractivity contribution in [1.29, 1.82) is 0 Å². The van der Waals surface area contributed by atoms with E-state index in [0.29, 0.717) is 12.2 Å². The lowest BCUT2D eigenvalue weighted by Gasteiger charge is -2.35. The van der Waals surface area contributed by atoms with E-state index < -0.39 is 28.5 Å². The number of nitrogens with zero attached hydrogens (tertiary/aromatic N) is 2. The van der Waals surface area contributed by atoms with Crippen molar-refractivity contribution in [2.45, 2.75) is 71.0 Å². The first-order chi connectivity index (χ1) is 22.4. The van der Waals surface area contributed by atoms with Crippen LogP contribution in [0.15, 0.2) is 102 Å². The highest BCUT2D eigenvalue weighted by atomic mass is 32.2. The first kappa shape index (κ1) is 35.2. The molecule has 4 rings (SSSR count). The van der Waals surface area contributed by atoms with Gasteiger partial charge in [0, 0.05) is 19.0 Å². The molecule has 0 saturated heterocycles. The van der Waals surface area contributed by atoms with Gasteiger partial charge in [0.25, 0.3) is 10.0 Å². The third-order valence-electron chi connectivity index (χ3n) is 8.36. The lowest BCUT2D eigenvalue weighted by Crippen LogP contribution is -2.54. The smallest absolute Gasteiger partial charge is 0.264 e. The fourth-order valence-electron chi connectivity index (χ4n) is 5.31. The van der Waals surface area contributed by atoms with Gasteiger partial charge in [0.1, 0.15) is 18.3 Å². The minimum atomic E-state index is -4.25. The number of ether oxygens (including phenoxy) is 1. The number of amides is 2. The van der Waals surface area contributed by atoms with Crippen LogP contribution in [-0.4, -0.2) is 50.9 Å². The van der Waals surface area contributed by atoms with E-state index in [0.717, 1.165) is 32.1 Å². The van der Waals surface area contributed by atoms with Gasteiger partial charge in [0.2, 0.25) is 11.8 Å². The summed E-state index contributed by atoms with van der Waals surface area (Å²) in [5.41, 5.74) is 4.63. The standard InChI is InChI=1S/C38H45N3O5S/c1-7-30(5)39-38(43)35(24-31-14-9-8-10-15-31)40(25-32-16-12-11-13-29(32)4)37(42)26-41(34-23-28(3)19-22-36(34)46-6)47(44,45)33-20-17-27(2)18-21-33/h8-23,30,35H,7,24-26H2,1-6H3,(H,39,43)/t30-,35-/m1/s1. The van der Waals surface area contributed by atoms with Crippen LogP contribution in [0.4, 0.5) is 5.69 Å². The molecular formula is C38H45N3O5S. The number of hydrogen-bond donors (Lipinski definition) is 1. The zero-order valence-electron chi connectivity index (χ0n) is 28.1. The maximum absolute atomic E-state index is 14.7. The molecule has 4 aromatic rings. The molecule has 0 radical (unpaired) electrons. The van der Waals surface area contributed by atoms with Gasteiger partial charge in [-0.05, 0) is 80.6 Å². The van der Waals surface area contributed by atoms with Crippen LogP contribution in [0.2, 0.25) is 0 Å². The van der Waals surface area contributed by atoms with Crippen molar-refractivity contribution in [3.05, 3.63) is 125 Å². The van der Waals surface area contributed by atoms with E-state index in [9.17, 15) is 18.0 Å². The highest BCUT2D eigenvalue weighted by Gasteiger charge is 2.36. The molecule has 248 valence electrons. The maximum atomic E-state index is 14.7. The van der Waals surface area contributed by atoms with E-state index in [1.54, 1.807) is 24.3 Å². The van der Waals surface area contributed by atoms with E-state index in [4.69, 9.17) is 4.74 Å². The third-order valence-corrected chi connectivity index (χ3v) is 10.1. The van der Waals surface area contributed by atoms with Crippen LogP contribution < -0.4 is 14.4 Å². The number of rotatable bonds is 14. The van der Waals surface area contributed by atoms with E-state index in [1.807, 2.05) is 95.3 Å². The quantitative estimate of drug-likeness (QED) is 0.170. The Hall–Kier alpha value is -4.63. The molecule has 2 atom stereocenters. The lowest BCUT2D eigenvalue weighted by molar-refractivity contribution is -0.140. The Balaban J connectivity index is 1.87. The molecule has 8 nitrogen and oxygen atoms in total. The second kappa shape index (κ2) is 15.8. The highest BCUT2D eigenvalue weighted by Crippen LogP contribution is 2.34. The molecule has 0 fully saturated rings. The number of carbonyl (C=O) groups is 2. The zero-order valence-corrected chi connectivity index (χ0v) is 28.9. The molecule has 2 amide bonds. The summed E-state index contributed by atoms with van der Waals surface area (Å²) >= 11 is 0. The van der Waals surface area contributed by atoms with Crippen LogP contribution in [0.1, 0.15) is 48.1 Å². The Morgan fingerprint density at radius 3 is 2.13 bits per heavy atom. The SMILES string of the molecule is CC[C@@H](C)NC(=O)[C@@H](Cc1ccccc1)N(Cc1ccccc1C)C(=O)CN(c1cc(C)ccc1OC)S(=O)(=O)c1ccc(C)cc1. The van der Waals surface area contributed by atoms with Gasteiger partial charge < -0.3 is 15.0 Å². The van der Waals surface area contributed by atoms with Crippen molar-refractivity contribution in [3.63, 3.8) is 0 Å². The topological polar surface area (TPSA) is 96.0 Å². The largest absolute Gasteiger partial charge is 0.495 e. The number of methoxy groups -OCH3 is 1. The zero-order chi connectivity index (χ0) is 34.1. The Bertz CT molecular complexity index is 1780. The number of carbonyl (C=O) groups excluding carboxylic acids is 2. The van der Waals surface area contributed by atoms with Crippen molar-refractivity contribution >= 4 is 27.5 Å². The van der Waals surface area contributed by atoms with Gasteiger partial charge in [-0.3, -0.25) is 13.9 Å². The highest BCUT2D eigenvalue weighted by molar-refractivity contribution is 7.92. The average Bonchev–Trinajstić information content (AvgIpc) is 3.06. The molecule has 9 heteroatoms. The summed E-state index contributed by atoms with van der Waals surface area (Å²) in [7, 11) is -2.79. The van der Waals surface area contributed by atoms with Gasteiger partial charge in [0.15, 0.2) is 0 Å². The van der Waals surface area contributed by atoms with Crippen molar-refractivity contribution in [2.75, 3.05) is 18.0 Å². The number of nitrogens with one attached hydrogen (secondary N) is 1. The average molecular weight is 656 g/mol. The minimum Gasteiger partial charge on any atom is -0.495 e. The molecule has 0 saturated carbocycles. The maximum Gasteiger partial charge on any atom is 0.264 e. The summed E-state index contributed by atoms with van der Waals surface area (Å²) < 4.78 is 35.5. The van der Waals surface area contributed by atoms with Gasteiger partial charge in [0.05, 0.1) is 17.7 Å². The fourth-order valence-corrected chi connectivity index (χ4v) is 6.73. The molecule has 0 bridgehead atoms. The number of anilines is 1. The molecule has 0 aliphatic heterocycles. The number of benzene rings is 4. The van der Waals surface area contributed by atoms with Crippen LogP contribution >= 0.6 is 0 Å². The predicted octanol–water partition coefficient (Wildman–Crippen LogP) is 6.37. The molecule has 0 aliphatic carbocycles. The first-order valence-corrected chi connectivity index (χ1v) is 17.3. The van der Waals surface area contributed by atoms with E-state index >= 15 is 0 Å². The Morgan fingerprint density at radius 1 is 0.851 bits per heavy atom. The summed E-state index contributed by atoms with van der Waals surface area (Å²) in [6.45, 7) is 9.14. The number of hydrogen-bond acceptors (Lipinski definition) is 5. The summed E-state index contributed by atoms with van der Waals surface area (Å²) in [6, 6.07) is 27.9. The number of aryl methyl sites for hydroxylation is 3. The molecule has 0 heterocycles. The second-order valence-electron chi connectivity index (χ2n) is 12.0. The fraction of sp³-hybridized carbons (Fsp3) is 0.316.